The quantitative estimate of drug-likeness (QED) is 0.570. The van der Waals surface area contributed by atoms with Crippen LogP contribution in [0.1, 0.15) is 18.4 Å². The molecule has 0 unspecified atom stereocenters. The summed E-state index contributed by atoms with van der Waals surface area (Å²) in [5, 5.41) is 4.08. The third kappa shape index (κ3) is 5.48. The highest BCUT2D eigenvalue weighted by atomic mass is 16.5. The summed E-state index contributed by atoms with van der Waals surface area (Å²) in [5.74, 6) is -0.223. The minimum absolute atomic E-state index is 0.0253. The van der Waals surface area contributed by atoms with Crippen LogP contribution in [0.2, 0.25) is 0 Å². The molecule has 0 radical (unpaired) electrons. The molecule has 0 saturated carbocycles. The van der Waals surface area contributed by atoms with Crippen LogP contribution in [0.4, 0.5) is 11.4 Å². The Morgan fingerprint density at radius 3 is 2.62 bits per heavy atom. The van der Waals surface area contributed by atoms with Crippen molar-refractivity contribution in [1.82, 2.24) is 9.88 Å². The van der Waals surface area contributed by atoms with E-state index in [0.717, 1.165) is 56.0 Å². The zero-order chi connectivity index (χ0) is 22.3. The van der Waals surface area contributed by atoms with Gasteiger partial charge in [0.25, 0.3) is 0 Å². The molecule has 7 heteroatoms. The maximum atomic E-state index is 12.5. The molecular formula is C25H30N4O3. The Bertz CT molecular complexity index is 1050. The third-order valence-corrected chi connectivity index (χ3v) is 5.85. The number of para-hydroxylation sites is 1. The molecule has 3 aromatic rings. The van der Waals surface area contributed by atoms with E-state index in [9.17, 15) is 9.59 Å². The number of nitrogens with zero attached hydrogens (tertiary/aromatic N) is 2. The molecule has 2 amide bonds. The molecule has 2 aromatic carbocycles. The van der Waals surface area contributed by atoms with Crippen molar-refractivity contribution in [3.05, 3.63) is 60.3 Å². The van der Waals surface area contributed by atoms with Gasteiger partial charge in [-0.1, -0.05) is 18.2 Å². The normalized spacial score (nSPS) is 13.8. The number of likely N-dealkylation sites (N-methyl/N-ethyl adjacent to an activating group) is 1. The van der Waals surface area contributed by atoms with Gasteiger partial charge in [-0.05, 0) is 48.7 Å². The lowest BCUT2D eigenvalue weighted by Gasteiger charge is -2.28. The largest absolute Gasteiger partial charge is 0.378 e. The number of carbonyl (C=O) groups is 2. The standard InChI is InChI=1S/C25H30N4O3/c1-28(25(31)8-4-5-19-17-26-23-7-3-2-6-22(19)23)18-24(30)27-20-9-11-21(12-10-20)29-13-15-32-16-14-29/h2-3,6-7,9-12,17,26H,4-5,8,13-16,18H2,1H3,(H,27,30). The summed E-state index contributed by atoms with van der Waals surface area (Å²) in [4.78, 5) is 31.9. The smallest absolute Gasteiger partial charge is 0.243 e. The van der Waals surface area contributed by atoms with Gasteiger partial charge in [0, 0.05) is 55.0 Å². The molecule has 2 heterocycles. The second-order valence-corrected chi connectivity index (χ2v) is 8.16. The van der Waals surface area contributed by atoms with Crippen molar-refractivity contribution < 1.29 is 14.3 Å². The second-order valence-electron chi connectivity index (χ2n) is 8.16. The first kappa shape index (κ1) is 21.9. The molecule has 32 heavy (non-hydrogen) atoms. The van der Waals surface area contributed by atoms with Gasteiger partial charge in [0.2, 0.25) is 11.8 Å². The van der Waals surface area contributed by atoms with Crippen LogP contribution >= 0.6 is 0 Å². The summed E-state index contributed by atoms with van der Waals surface area (Å²) in [6.07, 6.45) is 4.00. The topological polar surface area (TPSA) is 77.7 Å². The number of H-pyrrole nitrogens is 1. The predicted octanol–water partition coefficient (Wildman–Crippen LogP) is 3.42. The highest BCUT2D eigenvalue weighted by Gasteiger charge is 2.14. The Balaban J connectivity index is 1.21. The van der Waals surface area contributed by atoms with E-state index in [0.29, 0.717) is 6.42 Å². The van der Waals surface area contributed by atoms with Gasteiger partial charge in [0.05, 0.1) is 19.8 Å². The number of aromatic nitrogens is 1. The van der Waals surface area contributed by atoms with Gasteiger partial charge in [-0.15, -0.1) is 0 Å². The van der Waals surface area contributed by atoms with Gasteiger partial charge in [0.15, 0.2) is 0 Å². The van der Waals surface area contributed by atoms with Crippen LogP contribution < -0.4 is 10.2 Å². The molecule has 0 aliphatic carbocycles. The fraction of sp³-hybridized carbons (Fsp3) is 0.360. The van der Waals surface area contributed by atoms with Crippen molar-refractivity contribution in [2.45, 2.75) is 19.3 Å². The number of morpholine rings is 1. The first-order valence-electron chi connectivity index (χ1n) is 11.1. The van der Waals surface area contributed by atoms with Gasteiger partial charge in [-0.3, -0.25) is 9.59 Å². The number of aryl methyl sites for hydroxylation is 1. The molecule has 0 bridgehead atoms. The summed E-state index contributed by atoms with van der Waals surface area (Å²) in [6, 6.07) is 16.0. The monoisotopic (exact) mass is 434 g/mol. The number of ether oxygens (including phenoxy) is 1. The Morgan fingerprint density at radius 2 is 1.84 bits per heavy atom. The molecule has 1 fully saturated rings. The first-order chi connectivity index (χ1) is 15.6. The van der Waals surface area contributed by atoms with Crippen molar-refractivity contribution in [3.63, 3.8) is 0 Å². The lowest BCUT2D eigenvalue weighted by atomic mass is 10.1. The van der Waals surface area contributed by atoms with E-state index in [4.69, 9.17) is 4.74 Å². The SMILES string of the molecule is CN(CC(=O)Nc1ccc(N2CCOCC2)cc1)C(=O)CCCc1c[nH]c2ccccc12. The highest BCUT2D eigenvalue weighted by molar-refractivity contribution is 5.94. The van der Waals surface area contributed by atoms with E-state index in [1.165, 1.54) is 15.8 Å². The van der Waals surface area contributed by atoms with Gasteiger partial charge in [-0.25, -0.2) is 0 Å². The fourth-order valence-corrected chi connectivity index (χ4v) is 4.04. The molecule has 1 aliphatic heterocycles. The van der Waals surface area contributed by atoms with E-state index >= 15 is 0 Å². The van der Waals surface area contributed by atoms with Crippen molar-refractivity contribution in [3.8, 4) is 0 Å². The average molecular weight is 435 g/mol. The second kappa shape index (κ2) is 10.3. The van der Waals surface area contributed by atoms with Crippen molar-refractivity contribution in [2.75, 3.05) is 50.1 Å². The summed E-state index contributed by atoms with van der Waals surface area (Å²) in [5.41, 5.74) is 4.18. The number of anilines is 2. The van der Waals surface area contributed by atoms with Crippen LogP contribution in [0.25, 0.3) is 10.9 Å². The molecule has 7 nitrogen and oxygen atoms in total. The van der Waals surface area contributed by atoms with E-state index in [-0.39, 0.29) is 18.4 Å². The van der Waals surface area contributed by atoms with Gasteiger partial charge in [-0.2, -0.15) is 0 Å². The number of benzene rings is 2. The number of rotatable bonds is 8. The third-order valence-electron chi connectivity index (χ3n) is 5.85. The Hall–Kier alpha value is -3.32. The minimum Gasteiger partial charge on any atom is -0.378 e. The molecule has 168 valence electrons. The van der Waals surface area contributed by atoms with Gasteiger partial charge >= 0.3 is 0 Å². The van der Waals surface area contributed by atoms with Crippen molar-refractivity contribution >= 4 is 34.1 Å². The predicted molar refractivity (Wildman–Crippen MR) is 127 cm³/mol. The molecule has 0 spiro atoms. The fourth-order valence-electron chi connectivity index (χ4n) is 4.04. The van der Waals surface area contributed by atoms with Gasteiger partial charge in [0.1, 0.15) is 0 Å². The van der Waals surface area contributed by atoms with E-state index in [2.05, 4.69) is 21.3 Å². The zero-order valence-electron chi connectivity index (χ0n) is 18.5. The maximum absolute atomic E-state index is 12.5. The van der Waals surface area contributed by atoms with Crippen LogP contribution in [0.15, 0.2) is 54.7 Å². The number of amides is 2. The van der Waals surface area contributed by atoms with E-state index < -0.39 is 0 Å². The highest BCUT2D eigenvalue weighted by Crippen LogP contribution is 2.20. The molecule has 1 aliphatic rings. The molecule has 1 aromatic heterocycles. The van der Waals surface area contributed by atoms with Crippen LogP contribution in [-0.4, -0.2) is 61.6 Å². The minimum atomic E-state index is -0.198. The number of aromatic amines is 1. The van der Waals surface area contributed by atoms with Crippen LogP contribution in [0.5, 0.6) is 0 Å². The van der Waals surface area contributed by atoms with Crippen LogP contribution in [-0.2, 0) is 20.7 Å². The summed E-state index contributed by atoms with van der Waals surface area (Å²) in [7, 11) is 1.68. The van der Waals surface area contributed by atoms with E-state index in [1.54, 1.807) is 7.05 Å². The first-order valence-corrected chi connectivity index (χ1v) is 11.1. The Morgan fingerprint density at radius 1 is 1.09 bits per heavy atom. The van der Waals surface area contributed by atoms with E-state index in [1.807, 2.05) is 48.7 Å². The zero-order valence-corrected chi connectivity index (χ0v) is 18.5. The molecule has 4 rings (SSSR count). The lowest BCUT2D eigenvalue weighted by Crippen LogP contribution is -2.36. The number of hydrogen-bond acceptors (Lipinski definition) is 4. The van der Waals surface area contributed by atoms with Crippen molar-refractivity contribution in [1.29, 1.82) is 0 Å². The Kier molecular flexibility index (Phi) is 7.07. The Labute approximate surface area is 188 Å². The summed E-state index contributed by atoms with van der Waals surface area (Å²) >= 11 is 0. The van der Waals surface area contributed by atoms with Gasteiger partial charge < -0.3 is 24.8 Å². The number of fused-ring (bicyclic) bond motifs is 1. The molecular weight excluding hydrogens is 404 g/mol. The number of hydrogen-bond donors (Lipinski definition) is 2. The molecule has 0 atom stereocenters. The van der Waals surface area contributed by atoms with Crippen LogP contribution in [0.3, 0.4) is 0 Å². The lowest BCUT2D eigenvalue weighted by molar-refractivity contribution is -0.133. The van der Waals surface area contributed by atoms with Crippen LogP contribution in [0, 0.1) is 0 Å². The summed E-state index contributed by atoms with van der Waals surface area (Å²) in [6.45, 7) is 3.26. The number of carbonyl (C=O) groups excluding carboxylic acids is 2. The summed E-state index contributed by atoms with van der Waals surface area (Å²) < 4.78 is 5.38. The number of nitrogens with one attached hydrogen (secondary N) is 2. The molecule has 1 saturated heterocycles. The average Bonchev–Trinajstić information content (AvgIpc) is 3.23. The maximum Gasteiger partial charge on any atom is 0.243 e. The molecule has 2 N–H and O–H groups in total. The van der Waals surface area contributed by atoms with Crippen molar-refractivity contribution in [2.24, 2.45) is 0 Å².